The number of benzene rings is 1. The Morgan fingerprint density at radius 1 is 1.36 bits per heavy atom. The van der Waals surface area contributed by atoms with Crippen molar-refractivity contribution in [2.45, 2.75) is 26.6 Å². The van der Waals surface area contributed by atoms with Crippen molar-refractivity contribution < 1.29 is 23.6 Å². The van der Waals surface area contributed by atoms with Crippen LogP contribution < -0.4 is 10.1 Å². The van der Waals surface area contributed by atoms with E-state index in [9.17, 15) is 14.3 Å². The molecule has 148 valence electrons. The molecule has 0 fully saturated rings. The summed E-state index contributed by atoms with van der Waals surface area (Å²) in [5.41, 5.74) is 1.97. The molecule has 0 radical (unpaired) electrons. The van der Waals surface area contributed by atoms with Crippen molar-refractivity contribution in [3.8, 4) is 17.1 Å². The molecular weight excluding hydrogens is 367 g/mol. The van der Waals surface area contributed by atoms with Crippen molar-refractivity contribution in [1.82, 2.24) is 20.3 Å². The third-order valence-electron chi connectivity index (χ3n) is 4.12. The minimum absolute atomic E-state index is 0.0130. The summed E-state index contributed by atoms with van der Waals surface area (Å²) in [6, 6.07) is 7.29. The van der Waals surface area contributed by atoms with Gasteiger partial charge in [-0.3, -0.25) is 9.48 Å². The topological polar surface area (TPSA) is 102 Å². The van der Waals surface area contributed by atoms with Gasteiger partial charge >= 0.3 is 0 Å². The third kappa shape index (κ3) is 4.20. The molecule has 0 aliphatic rings. The van der Waals surface area contributed by atoms with Crippen LogP contribution in [0.5, 0.6) is 5.88 Å². The van der Waals surface area contributed by atoms with E-state index in [1.165, 1.54) is 22.9 Å². The highest BCUT2D eigenvalue weighted by Crippen LogP contribution is 2.27. The minimum Gasteiger partial charge on any atom is -0.471 e. The molecule has 0 bridgehead atoms. The van der Waals surface area contributed by atoms with E-state index in [1.54, 1.807) is 19.2 Å². The maximum absolute atomic E-state index is 13.2. The molecule has 9 heteroatoms. The summed E-state index contributed by atoms with van der Waals surface area (Å²) in [4.78, 5) is 12.1. The SMILES string of the molecule is CCCNC(=O)c1cc(OCc2c(-c3ccc(F)cc3)noc2CO)nn1C. The fourth-order valence-electron chi connectivity index (χ4n) is 2.65. The Labute approximate surface area is 160 Å². The van der Waals surface area contributed by atoms with E-state index in [-0.39, 0.29) is 36.6 Å². The molecule has 28 heavy (non-hydrogen) atoms. The van der Waals surface area contributed by atoms with Crippen LogP contribution in [0.4, 0.5) is 4.39 Å². The number of amides is 1. The fraction of sp³-hybridized carbons (Fsp3) is 0.316. The summed E-state index contributed by atoms with van der Waals surface area (Å²) >= 11 is 0. The second kappa shape index (κ2) is 8.66. The summed E-state index contributed by atoms with van der Waals surface area (Å²) in [5.74, 6) is -0.106. The fourth-order valence-corrected chi connectivity index (χ4v) is 2.65. The van der Waals surface area contributed by atoms with Gasteiger partial charge < -0.3 is 19.7 Å². The number of hydrogen-bond donors (Lipinski definition) is 2. The molecule has 2 heterocycles. The number of nitrogens with one attached hydrogen (secondary N) is 1. The number of aliphatic hydroxyl groups is 1. The standard InChI is InChI=1S/C19H21FN4O4/c1-3-8-21-19(26)15-9-17(22-24(15)2)27-11-14-16(10-25)28-23-18(14)12-4-6-13(20)7-5-12/h4-7,9,25H,3,8,10-11H2,1-2H3,(H,21,26). The first-order chi connectivity index (χ1) is 13.5. The number of rotatable bonds is 8. The highest BCUT2D eigenvalue weighted by molar-refractivity contribution is 5.92. The van der Waals surface area contributed by atoms with Gasteiger partial charge in [0.05, 0.1) is 5.56 Å². The first-order valence-electron chi connectivity index (χ1n) is 8.82. The number of aromatic nitrogens is 3. The minimum atomic E-state index is -0.366. The smallest absolute Gasteiger partial charge is 0.269 e. The van der Waals surface area contributed by atoms with E-state index in [4.69, 9.17) is 9.26 Å². The molecule has 2 N–H and O–H groups in total. The lowest BCUT2D eigenvalue weighted by molar-refractivity contribution is 0.0944. The second-order valence-corrected chi connectivity index (χ2v) is 6.13. The molecular formula is C19H21FN4O4. The van der Waals surface area contributed by atoms with E-state index in [1.807, 2.05) is 6.92 Å². The Morgan fingerprint density at radius 3 is 2.79 bits per heavy atom. The Kier molecular flexibility index (Phi) is 6.05. The summed E-state index contributed by atoms with van der Waals surface area (Å²) in [6.07, 6.45) is 0.830. The molecule has 1 amide bonds. The first kappa shape index (κ1) is 19.6. The highest BCUT2D eigenvalue weighted by Gasteiger charge is 2.19. The monoisotopic (exact) mass is 388 g/mol. The second-order valence-electron chi connectivity index (χ2n) is 6.13. The predicted molar refractivity (Wildman–Crippen MR) is 98.0 cm³/mol. The molecule has 1 aromatic carbocycles. The van der Waals surface area contributed by atoms with Gasteiger partial charge in [0.25, 0.3) is 5.91 Å². The lowest BCUT2D eigenvalue weighted by Gasteiger charge is -2.04. The normalized spacial score (nSPS) is 10.9. The average molecular weight is 388 g/mol. The lowest BCUT2D eigenvalue weighted by Crippen LogP contribution is -2.26. The van der Waals surface area contributed by atoms with Crippen molar-refractivity contribution in [3.05, 3.63) is 53.2 Å². The Morgan fingerprint density at radius 2 is 2.11 bits per heavy atom. The summed E-state index contributed by atoms with van der Waals surface area (Å²) in [7, 11) is 1.65. The van der Waals surface area contributed by atoms with Gasteiger partial charge in [-0.25, -0.2) is 4.39 Å². The van der Waals surface area contributed by atoms with E-state index in [2.05, 4.69) is 15.6 Å². The van der Waals surface area contributed by atoms with Crippen LogP contribution in [0.1, 0.15) is 35.2 Å². The van der Waals surface area contributed by atoms with Crippen LogP contribution in [-0.2, 0) is 20.3 Å². The Balaban J connectivity index is 1.79. The number of ether oxygens (including phenoxy) is 1. The number of aryl methyl sites for hydroxylation is 1. The lowest BCUT2D eigenvalue weighted by atomic mass is 10.1. The van der Waals surface area contributed by atoms with Gasteiger partial charge in [0, 0.05) is 25.2 Å². The number of aliphatic hydroxyl groups excluding tert-OH is 1. The van der Waals surface area contributed by atoms with Gasteiger partial charge in [-0.2, -0.15) is 0 Å². The predicted octanol–water partition coefficient (Wildman–Crippen LogP) is 2.43. The molecule has 2 aromatic heterocycles. The number of carbonyl (C=O) groups is 1. The van der Waals surface area contributed by atoms with E-state index >= 15 is 0 Å². The summed E-state index contributed by atoms with van der Waals surface area (Å²) in [6.45, 7) is 2.19. The third-order valence-corrected chi connectivity index (χ3v) is 4.12. The van der Waals surface area contributed by atoms with Crippen molar-refractivity contribution in [1.29, 1.82) is 0 Å². The van der Waals surface area contributed by atoms with Crippen molar-refractivity contribution in [2.75, 3.05) is 6.54 Å². The van der Waals surface area contributed by atoms with Crippen LogP contribution in [0.3, 0.4) is 0 Å². The van der Waals surface area contributed by atoms with E-state index < -0.39 is 0 Å². The number of nitrogens with zero attached hydrogens (tertiary/aromatic N) is 3. The number of hydrogen-bond acceptors (Lipinski definition) is 6. The van der Waals surface area contributed by atoms with Crippen LogP contribution in [0, 0.1) is 5.82 Å². The van der Waals surface area contributed by atoms with Gasteiger partial charge in [-0.05, 0) is 30.7 Å². The van der Waals surface area contributed by atoms with Crippen molar-refractivity contribution in [3.63, 3.8) is 0 Å². The van der Waals surface area contributed by atoms with Crippen molar-refractivity contribution in [2.24, 2.45) is 7.05 Å². The van der Waals surface area contributed by atoms with Crippen LogP contribution in [0.15, 0.2) is 34.9 Å². The molecule has 3 aromatic rings. The number of carbonyl (C=O) groups excluding carboxylic acids is 1. The molecule has 0 saturated carbocycles. The zero-order valence-corrected chi connectivity index (χ0v) is 15.6. The van der Waals surface area contributed by atoms with Gasteiger partial charge in [-0.1, -0.05) is 12.1 Å². The first-order valence-corrected chi connectivity index (χ1v) is 8.82. The van der Waals surface area contributed by atoms with Crippen LogP contribution in [-0.4, -0.2) is 32.5 Å². The van der Waals surface area contributed by atoms with Crippen LogP contribution >= 0.6 is 0 Å². The van der Waals surface area contributed by atoms with Gasteiger partial charge in [-0.15, -0.1) is 5.10 Å². The van der Waals surface area contributed by atoms with Gasteiger partial charge in [0.1, 0.15) is 30.4 Å². The summed E-state index contributed by atoms with van der Waals surface area (Å²) < 4.78 is 25.5. The molecule has 0 saturated heterocycles. The zero-order chi connectivity index (χ0) is 20.1. The maximum Gasteiger partial charge on any atom is 0.269 e. The Bertz CT molecular complexity index is 950. The molecule has 0 aliphatic heterocycles. The van der Waals surface area contributed by atoms with E-state index in [0.29, 0.717) is 29.1 Å². The molecule has 0 spiro atoms. The molecule has 0 aliphatic carbocycles. The Hall–Kier alpha value is -3.20. The molecule has 3 rings (SSSR count). The van der Waals surface area contributed by atoms with Gasteiger partial charge in [0.2, 0.25) is 5.88 Å². The average Bonchev–Trinajstić information content (AvgIpc) is 3.28. The van der Waals surface area contributed by atoms with Gasteiger partial charge in [0.15, 0.2) is 5.76 Å². The highest BCUT2D eigenvalue weighted by atomic mass is 19.1. The van der Waals surface area contributed by atoms with Crippen LogP contribution in [0.2, 0.25) is 0 Å². The molecule has 0 unspecified atom stereocenters. The van der Waals surface area contributed by atoms with Crippen LogP contribution in [0.25, 0.3) is 11.3 Å². The van der Waals surface area contributed by atoms with E-state index in [0.717, 1.165) is 6.42 Å². The zero-order valence-electron chi connectivity index (χ0n) is 15.6. The summed E-state index contributed by atoms with van der Waals surface area (Å²) in [5, 5.41) is 20.4. The quantitative estimate of drug-likeness (QED) is 0.614. The largest absolute Gasteiger partial charge is 0.471 e. The van der Waals surface area contributed by atoms with Crippen molar-refractivity contribution >= 4 is 5.91 Å². The molecule has 0 atom stereocenters. The maximum atomic E-state index is 13.2. The number of halogens is 1. The molecule has 8 nitrogen and oxygen atoms in total.